The fourth-order valence-electron chi connectivity index (χ4n) is 3.49. The standard InChI is InChI=1S/C15H19BrO/c1-10-6-14(4-5-15(10)16)17-9-13-8-11-2-3-12(13)7-11/h4-6,11-13H,2-3,7-9H2,1H3. The van der Waals surface area contributed by atoms with Crippen molar-refractivity contribution in [3.05, 3.63) is 28.2 Å². The van der Waals surface area contributed by atoms with Gasteiger partial charge in [0.2, 0.25) is 0 Å². The highest BCUT2D eigenvalue weighted by atomic mass is 79.9. The van der Waals surface area contributed by atoms with Crippen molar-refractivity contribution in [3.8, 4) is 5.75 Å². The lowest BCUT2D eigenvalue weighted by atomic mass is 9.89. The third kappa shape index (κ3) is 2.37. The van der Waals surface area contributed by atoms with Gasteiger partial charge >= 0.3 is 0 Å². The van der Waals surface area contributed by atoms with Gasteiger partial charge in [-0.25, -0.2) is 0 Å². The average molecular weight is 295 g/mol. The first-order valence-corrected chi connectivity index (χ1v) is 7.40. The van der Waals surface area contributed by atoms with Crippen molar-refractivity contribution in [2.75, 3.05) is 6.61 Å². The molecule has 0 aromatic heterocycles. The molecule has 1 aromatic rings. The molecule has 3 unspecified atom stereocenters. The molecule has 0 N–H and O–H groups in total. The van der Waals surface area contributed by atoms with E-state index in [0.29, 0.717) is 0 Å². The van der Waals surface area contributed by atoms with E-state index in [1.807, 2.05) is 0 Å². The van der Waals surface area contributed by atoms with Gasteiger partial charge in [-0.1, -0.05) is 22.4 Å². The summed E-state index contributed by atoms with van der Waals surface area (Å²) in [5.74, 6) is 3.81. The third-order valence-corrected chi connectivity index (χ3v) is 5.37. The van der Waals surface area contributed by atoms with Crippen LogP contribution < -0.4 is 4.74 Å². The molecule has 1 aromatic carbocycles. The first kappa shape index (κ1) is 11.6. The maximum absolute atomic E-state index is 5.96. The van der Waals surface area contributed by atoms with Gasteiger partial charge in [-0.3, -0.25) is 0 Å². The van der Waals surface area contributed by atoms with E-state index in [1.54, 1.807) is 0 Å². The van der Waals surface area contributed by atoms with E-state index in [4.69, 9.17) is 4.74 Å². The lowest BCUT2D eigenvalue weighted by molar-refractivity contribution is 0.195. The molecule has 3 atom stereocenters. The van der Waals surface area contributed by atoms with Crippen LogP contribution >= 0.6 is 15.9 Å². The summed E-state index contributed by atoms with van der Waals surface area (Å²) < 4.78 is 7.11. The maximum Gasteiger partial charge on any atom is 0.119 e. The number of benzene rings is 1. The highest BCUT2D eigenvalue weighted by Crippen LogP contribution is 2.48. The normalized spacial score (nSPS) is 30.8. The molecular formula is C15H19BrO. The summed E-state index contributed by atoms with van der Waals surface area (Å²) in [6.45, 7) is 3.02. The van der Waals surface area contributed by atoms with E-state index in [-0.39, 0.29) is 0 Å². The van der Waals surface area contributed by atoms with Crippen molar-refractivity contribution in [1.29, 1.82) is 0 Å². The minimum Gasteiger partial charge on any atom is -0.493 e. The van der Waals surface area contributed by atoms with Crippen LogP contribution in [0.3, 0.4) is 0 Å². The Morgan fingerprint density at radius 1 is 1.29 bits per heavy atom. The zero-order chi connectivity index (χ0) is 11.8. The molecule has 0 amide bonds. The highest BCUT2D eigenvalue weighted by Gasteiger charge is 2.39. The van der Waals surface area contributed by atoms with Gasteiger partial charge in [0.05, 0.1) is 6.61 Å². The number of halogens is 1. The average Bonchev–Trinajstić information content (AvgIpc) is 2.92. The van der Waals surface area contributed by atoms with Gasteiger partial charge in [-0.15, -0.1) is 0 Å². The van der Waals surface area contributed by atoms with Crippen molar-refractivity contribution in [3.63, 3.8) is 0 Å². The van der Waals surface area contributed by atoms with Crippen LogP contribution in [0.25, 0.3) is 0 Å². The van der Waals surface area contributed by atoms with Gasteiger partial charge in [0, 0.05) is 4.47 Å². The van der Waals surface area contributed by atoms with Crippen LogP contribution in [0, 0.1) is 24.7 Å². The van der Waals surface area contributed by atoms with E-state index in [0.717, 1.165) is 34.6 Å². The Balaban J connectivity index is 1.59. The van der Waals surface area contributed by atoms with E-state index >= 15 is 0 Å². The van der Waals surface area contributed by atoms with Gasteiger partial charge in [0.15, 0.2) is 0 Å². The minimum absolute atomic E-state index is 0.817. The molecule has 2 heteroatoms. The van der Waals surface area contributed by atoms with Crippen LogP contribution in [0.5, 0.6) is 5.75 Å². The van der Waals surface area contributed by atoms with Gasteiger partial charge in [0.1, 0.15) is 5.75 Å². The fourth-order valence-corrected chi connectivity index (χ4v) is 3.74. The van der Waals surface area contributed by atoms with Gasteiger partial charge in [-0.05, 0) is 67.7 Å². The van der Waals surface area contributed by atoms with Crippen LogP contribution in [0.15, 0.2) is 22.7 Å². The Hall–Kier alpha value is -0.500. The number of hydrogen-bond acceptors (Lipinski definition) is 1. The fraction of sp³-hybridized carbons (Fsp3) is 0.600. The summed E-state index contributed by atoms with van der Waals surface area (Å²) >= 11 is 3.52. The Morgan fingerprint density at radius 2 is 2.18 bits per heavy atom. The van der Waals surface area contributed by atoms with Gasteiger partial charge in [0.25, 0.3) is 0 Å². The minimum atomic E-state index is 0.817. The van der Waals surface area contributed by atoms with Crippen molar-refractivity contribution >= 4 is 15.9 Å². The summed E-state index contributed by atoms with van der Waals surface area (Å²) in [5, 5.41) is 0. The molecule has 0 spiro atoms. The van der Waals surface area contributed by atoms with E-state index in [2.05, 4.69) is 41.1 Å². The summed E-state index contributed by atoms with van der Waals surface area (Å²) in [4.78, 5) is 0. The van der Waals surface area contributed by atoms with Crippen molar-refractivity contribution in [1.82, 2.24) is 0 Å². The molecule has 92 valence electrons. The maximum atomic E-state index is 5.96. The molecule has 0 radical (unpaired) electrons. The molecule has 2 saturated carbocycles. The molecule has 1 nitrogen and oxygen atoms in total. The smallest absolute Gasteiger partial charge is 0.119 e. The molecular weight excluding hydrogens is 276 g/mol. The second kappa shape index (κ2) is 4.64. The van der Waals surface area contributed by atoms with Crippen molar-refractivity contribution in [2.24, 2.45) is 17.8 Å². The van der Waals surface area contributed by atoms with Crippen LogP contribution in [0.1, 0.15) is 31.2 Å². The quantitative estimate of drug-likeness (QED) is 0.793. The number of ether oxygens (including phenoxy) is 1. The number of rotatable bonds is 3. The Kier molecular flexibility index (Phi) is 3.16. The zero-order valence-electron chi connectivity index (χ0n) is 10.3. The van der Waals surface area contributed by atoms with Crippen LogP contribution in [0.4, 0.5) is 0 Å². The number of aryl methyl sites for hydroxylation is 1. The molecule has 2 aliphatic carbocycles. The molecule has 3 rings (SSSR count). The van der Waals surface area contributed by atoms with Crippen molar-refractivity contribution < 1.29 is 4.74 Å². The number of hydrogen-bond donors (Lipinski definition) is 0. The van der Waals surface area contributed by atoms with Crippen LogP contribution in [-0.4, -0.2) is 6.61 Å². The SMILES string of the molecule is Cc1cc(OCC2CC3CCC2C3)ccc1Br. The molecule has 0 saturated heterocycles. The summed E-state index contributed by atoms with van der Waals surface area (Å²) in [7, 11) is 0. The molecule has 2 aliphatic rings. The summed E-state index contributed by atoms with van der Waals surface area (Å²) in [5.41, 5.74) is 1.25. The van der Waals surface area contributed by atoms with Crippen LogP contribution in [-0.2, 0) is 0 Å². The first-order chi connectivity index (χ1) is 8.22. The highest BCUT2D eigenvalue weighted by molar-refractivity contribution is 9.10. The molecule has 2 fully saturated rings. The molecule has 17 heavy (non-hydrogen) atoms. The predicted octanol–water partition coefficient (Wildman–Crippen LogP) is 4.57. The predicted molar refractivity (Wildman–Crippen MR) is 73.3 cm³/mol. The second-order valence-corrected chi connectivity index (χ2v) is 6.51. The number of fused-ring (bicyclic) bond motifs is 2. The topological polar surface area (TPSA) is 9.23 Å². The monoisotopic (exact) mass is 294 g/mol. The Labute approximate surface area is 112 Å². The zero-order valence-corrected chi connectivity index (χ0v) is 11.9. The largest absolute Gasteiger partial charge is 0.493 e. The van der Waals surface area contributed by atoms with E-state index in [9.17, 15) is 0 Å². The molecule has 0 aliphatic heterocycles. The lowest BCUT2D eigenvalue weighted by Gasteiger charge is -2.21. The third-order valence-electron chi connectivity index (χ3n) is 4.48. The Morgan fingerprint density at radius 3 is 2.82 bits per heavy atom. The first-order valence-electron chi connectivity index (χ1n) is 6.61. The van der Waals surface area contributed by atoms with Crippen molar-refractivity contribution in [2.45, 2.75) is 32.6 Å². The van der Waals surface area contributed by atoms with E-state index in [1.165, 1.54) is 31.2 Å². The molecule has 2 bridgehead atoms. The van der Waals surface area contributed by atoms with Gasteiger partial charge in [-0.2, -0.15) is 0 Å². The second-order valence-electron chi connectivity index (χ2n) is 5.66. The summed E-state index contributed by atoms with van der Waals surface area (Å²) in [6, 6.07) is 6.26. The van der Waals surface area contributed by atoms with E-state index < -0.39 is 0 Å². The molecule has 0 heterocycles. The summed E-state index contributed by atoms with van der Waals surface area (Å²) in [6.07, 6.45) is 5.78. The Bertz CT molecular complexity index is 415. The van der Waals surface area contributed by atoms with Gasteiger partial charge < -0.3 is 4.74 Å². The van der Waals surface area contributed by atoms with Crippen LogP contribution in [0.2, 0.25) is 0 Å². The lowest BCUT2D eigenvalue weighted by Crippen LogP contribution is -2.18.